The second kappa shape index (κ2) is 5.46. The molecule has 0 unspecified atom stereocenters. The fourth-order valence-electron chi connectivity index (χ4n) is 1.81. The molecule has 94 valence electrons. The average Bonchev–Trinajstić information content (AvgIpc) is 2.41. The lowest BCUT2D eigenvalue weighted by molar-refractivity contribution is 0.930. The maximum Gasteiger partial charge on any atom is 0.221 e. The van der Waals surface area contributed by atoms with Crippen molar-refractivity contribution in [1.82, 2.24) is 9.97 Å². The van der Waals surface area contributed by atoms with Crippen LogP contribution in [-0.4, -0.2) is 23.6 Å². The average molecular weight is 243 g/mol. The standard InChI is InChI=1S/C13H17N5/c1-18(11-5-3-2-4-6-11)12-10(7-8-14)9-16-13(15)17-12/h2-6,9H,7-8,14H2,1H3,(H2,15,16,17). The fourth-order valence-corrected chi connectivity index (χ4v) is 1.81. The molecular formula is C13H17N5. The third-order valence-corrected chi connectivity index (χ3v) is 2.74. The molecule has 0 spiro atoms. The van der Waals surface area contributed by atoms with Gasteiger partial charge in [0.25, 0.3) is 0 Å². The molecule has 0 saturated heterocycles. The van der Waals surface area contributed by atoms with Crippen molar-refractivity contribution in [2.75, 3.05) is 24.2 Å². The molecule has 0 fully saturated rings. The summed E-state index contributed by atoms with van der Waals surface area (Å²) in [5.74, 6) is 1.08. The van der Waals surface area contributed by atoms with Gasteiger partial charge in [-0.1, -0.05) is 18.2 Å². The normalized spacial score (nSPS) is 10.3. The van der Waals surface area contributed by atoms with Gasteiger partial charge in [-0.3, -0.25) is 0 Å². The van der Waals surface area contributed by atoms with Crippen LogP contribution in [0.5, 0.6) is 0 Å². The summed E-state index contributed by atoms with van der Waals surface area (Å²) in [5.41, 5.74) is 13.3. The molecule has 0 saturated carbocycles. The van der Waals surface area contributed by atoms with Crippen LogP contribution in [0.15, 0.2) is 36.5 Å². The number of nitrogens with two attached hydrogens (primary N) is 2. The van der Waals surface area contributed by atoms with Crippen molar-refractivity contribution in [2.45, 2.75) is 6.42 Å². The van der Waals surface area contributed by atoms with Gasteiger partial charge >= 0.3 is 0 Å². The maximum atomic E-state index is 5.66. The highest BCUT2D eigenvalue weighted by atomic mass is 15.2. The Bertz CT molecular complexity index is 512. The third-order valence-electron chi connectivity index (χ3n) is 2.74. The Hall–Kier alpha value is -2.14. The molecule has 0 amide bonds. The lowest BCUT2D eigenvalue weighted by Crippen LogP contribution is -2.16. The topological polar surface area (TPSA) is 81.1 Å². The van der Waals surface area contributed by atoms with Crippen LogP contribution in [0.4, 0.5) is 17.5 Å². The maximum absolute atomic E-state index is 5.66. The summed E-state index contributed by atoms with van der Waals surface area (Å²) >= 11 is 0. The van der Waals surface area contributed by atoms with Gasteiger partial charge in [0.2, 0.25) is 5.95 Å². The van der Waals surface area contributed by atoms with Crippen LogP contribution >= 0.6 is 0 Å². The van der Waals surface area contributed by atoms with Crippen LogP contribution in [0.2, 0.25) is 0 Å². The Kier molecular flexibility index (Phi) is 3.74. The molecule has 0 aliphatic rings. The van der Waals surface area contributed by atoms with Gasteiger partial charge in [0, 0.05) is 24.5 Å². The number of hydrogen-bond donors (Lipinski definition) is 2. The van der Waals surface area contributed by atoms with Gasteiger partial charge < -0.3 is 16.4 Å². The molecule has 2 rings (SSSR count). The van der Waals surface area contributed by atoms with E-state index in [0.717, 1.165) is 23.5 Å². The summed E-state index contributed by atoms with van der Waals surface area (Å²) < 4.78 is 0. The molecule has 1 heterocycles. The van der Waals surface area contributed by atoms with Crippen molar-refractivity contribution >= 4 is 17.5 Å². The van der Waals surface area contributed by atoms with Crippen LogP contribution in [0.1, 0.15) is 5.56 Å². The first kappa shape index (κ1) is 12.3. The molecule has 5 nitrogen and oxygen atoms in total. The van der Waals surface area contributed by atoms with Crippen molar-refractivity contribution in [3.63, 3.8) is 0 Å². The molecule has 0 aliphatic carbocycles. The molecule has 1 aromatic carbocycles. The monoisotopic (exact) mass is 243 g/mol. The zero-order valence-electron chi connectivity index (χ0n) is 10.4. The summed E-state index contributed by atoms with van der Waals surface area (Å²) in [5, 5.41) is 0. The minimum absolute atomic E-state index is 0.272. The molecule has 18 heavy (non-hydrogen) atoms. The van der Waals surface area contributed by atoms with Crippen LogP contribution in [0.25, 0.3) is 0 Å². The van der Waals surface area contributed by atoms with Crippen molar-refractivity contribution < 1.29 is 0 Å². The highest BCUT2D eigenvalue weighted by Crippen LogP contribution is 2.25. The number of nitrogen functional groups attached to an aromatic ring is 1. The Morgan fingerprint density at radius 3 is 2.61 bits per heavy atom. The predicted octanol–water partition coefficient (Wildman–Crippen LogP) is 1.33. The van der Waals surface area contributed by atoms with E-state index in [2.05, 4.69) is 9.97 Å². The molecule has 0 bridgehead atoms. The van der Waals surface area contributed by atoms with E-state index in [1.807, 2.05) is 42.3 Å². The fraction of sp³-hybridized carbons (Fsp3) is 0.231. The quantitative estimate of drug-likeness (QED) is 0.846. The number of nitrogens with zero attached hydrogens (tertiary/aromatic N) is 3. The molecule has 1 aromatic heterocycles. The van der Waals surface area contributed by atoms with Crippen LogP contribution in [0.3, 0.4) is 0 Å². The first-order valence-corrected chi connectivity index (χ1v) is 5.82. The van der Waals surface area contributed by atoms with E-state index in [0.29, 0.717) is 6.54 Å². The molecule has 0 radical (unpaired) electrons. The van der Waals surface area contributed by atoms with Gasteiger partial charge in [0.1, 0.15) is 5.82 Å². The molecule has 4 N–H and O–H groups in total. The van der Waals surface area contributed by atoms with Crippen LogP contribution in [-0.2, 0) is 6.42 Å². The number of hydrogen-bond acceptors (Lipinski definition) is 5. The van der Waals surface area contributed by atoms with E-state index in [1.165, 1.54) is 0 Å². The summed E-state index contributed by atoms with van der Waals surface area (Å²) in [6.45, 7) is 0.558. The largest absolute Gasteiger partial charge is 0.368 e. The Labute approximate surface area is 106 Å². The SMILES string of the molecule is CN(c1ccccc1)c1nc(N)ncc1CCN. The van der Waals surface area contributed by atoms with Crippen LogP contribution in [0, 0.1) is 0 Å². The van der Waals surface area contributed by atoms with Crippen molar-refractivity contribution in [3.8, 4) is 0 Å². The van der Waals surface area contributed by atoms with E-state index in [9.17, 15) is 0 Å². The zero-order chi connectivity index (χ0) is 13.0. The van der Waals surface area contributed by atoms with Gasteiger partial charge in [0.05, 0.1) is 0 Å². The van der Waals surface area contributed by atoms with E-state index in [4.69, 9.17) is 11.5 Å². The summed E-state index contributed by atoms with van der Waals surface area (Å²) in [6.07, 6.45) is 2.47. The molecule has 0 atom stereocenters. The highest BCUT2D eigenvalue weighted by molar-refractivity contribution is 5.62. The smallest absolute Gasteiger partial charge is 0.221 e. The predicted molar refractivity (Wildman–Crippen MR) is 73.7 cm³/mol. The minimum Gasteiger partial charge on any atom is -0.368 e. The van der Waals surface area contributed by atoms with E-state index < -0.39 is 0 Å². The number of rotatable bonds is 4. The Balaban J connectivity index is 2.40. The van der Waals surface area contributed by atoms with E-state index >= 15 is 0 Å². The van der Waals surface area contributed by atoms with Gasteiger partial charge in [0.15, 0.2) is 0 Å². The van der Waals surface area contributed by atoms with E-state index in [-0.39, 0.29) is 5.95 Å². The van der Waals surface area contributed by atoms with Crippen molar-refractivity contribution in [1.29, 1.82) is 0 Å². The number of aromatic nitrogens is 2. The van der Waals surface area contributed by atoms with Crippen LogP contribution < -0.4 is 16.4 Å². The minimum atomic E-state index is 0.272. The summed E-state index contributed by atoms with van der Waals surface area (Å²) in [4.78, 5) is 10.3. The van der Waals surface area contributed by atoms with Gasteiger partial charge in [-0.15, -0.1) is 0 Å². The number of anilines is 3. The lowest BCUT2D eigenvalue weighted by atomic mass is 10.2. The molecule has 2 aromatic rings. The zero-order valence-corrected chi connectivity index (χ0v) is 10.4. The summed E-state index contributed by atoms with van der Waals surface area (Å²) in [7, 11) is 1.96. The second-order valence-corrected chi connectivity index (χ2v) is 4.01. The second-order valence-electron chi connectivity index (χ2n) is 4.01. The Morgan fingerprint density at radius 2 is 1.94 bits per heavy atom. The third kappa shape index (κ3) is 2.57. The Morgan fingerprint density at radius 1 is 1.22 bits per heavy atom. The highest BCUT2D eigenvalue weighted by Gasteiger charge is 2.11. The lowest BCUT2D eigenvalue weighted by Gasteiger charge is -2.21. The first-order valence-electron chi connectivity index (χ1n) is 5.82. The summed E-state index contributed by atoms with van der Waals surface area (Å²) in [6, 6.07) is 9.99. The van der Waals surface area contributed by atoms with Gasteiger partial charge in [-0.05, 0) is 25.1 Å². The van der Waals surface area contributed by atoms with Gasteiger partial charge in [-0.25, -0.2) is 4.98 Å². The first-order chi connectivity index (χ1) is 8.72. The molecule has 5 heteroatoms. The van der Waals surface area contributed by atoms with Crippen molar-refractivity contribution in [3.05, 3.63) is 42.1 Å². The molecule has 0 aliphatic heterocycles. The number of para-hydroxylation sites is 1. The molecular weight excluding hydrogens is 226 g/mol. The number of benzene rings is 1. The van der Waals surface area contributed by atoms with Crippen molar-refractivity contribution in [2.24, 2.45) is 5.73 Å². The van der Waals surface area contributed by atoms with E-state index in [1.54, 1.807) is 6.20 Å². The van der Waals surface area contributed by atoms with Gasteiger partial charge in [-0.2, -0.15) is 4.98 Å².